The number of nitrogens with one attached hydrogen (secondary N) is 2. The summed E-state index contributed by atoms with van der Waals surface area (Å²) in [6, 6.07) is -0.688. The van der Waals surface area contributed by atoms with Crippen LogP contribution < -0.4 is 10.8 Å². The number of amides is 1. The molecule has 0 radical (unpaired) electrons. The molecular weight excluding hydrogens is 296 g/mol. The highest BCUT2D eigenvalue weighted by Gasteiger charge is 2.42. The second kappa shape index (κ2) is 7.24. The Kier molecular flexibility index (Phi) is 5.60. The third kappa shape index (κ3) is 4.18. The van der Waals surface area contributed by atoms with Crippen LogP contribution in [-0.2, 0) is 24.0 Å². The molecule has 8 heteroatoms. The molecule has 1 aliphatic carbocycles. The van der Waals surface area contributed by atoms with Crippen molar-refractivity contribution in [3.8, 4) is 0 Å². The van der Waals surface area contributed by atoms with Crippen LogP contribution in [0.4, 0.5) is 0 Å². The Morgan fingerprint density at radius 1 is 1.33 bits per heavy atom. The van der Waals surface area contributed by atoms with Gasteiger partial charge in [0.25, 0.3) is 0 Å². The van der Waals surface area contributed by atoms with Gasteiger partial charge in [0.15, 0.2) is 5.12 Å². The topological polar surface area (TPSA) is 93.7 Å². The highest BCUT2D eigenvalue weighted by Crippen LogP contribution is 2.35. The summed E-state index contributed by atoms with van der Waals surface area (Å²) in [6.07, 6.45) is 1.73. The Morgan fingerprint density at radius 2 is 2.10 bits per heavy atom. The van der Waals surface area contributed by atoms with E-state index in [4.69, 9.17) is 9.57 Å². The van der Waals surface area contributed by atoms with Crippen molar-refractivity contribution < 1.29 is 24.0 Å². The molecule has 2 fully saturated rings. The second-order valence-corrected chi connectivity index (χ2v) is 6.73. The van der Waals surface area contributed by atoms with Crippen molar-refractivity contribution in [1.82, 2.24) is 10.8 Å². The smallest absolute Gasteiger partial charge is 0.310 e. The zero-order valence-electron chi connectivity index (χ0n) is 12.1. The van der Waals surface area contributed by atoms with Crippen LogP contribution in [0.1, 0.15) is 26.2 Å². The maximum atomic E-state index is 12.1. The van der Waals surface area contributed by atoms with Crippen molar-refractivity contribution in [3.05, 3.63) is 0 Å². The van der Waals surface area contributed by atoms with E-state index in [1.54, 1.807) is 0 Å². The molecule has 0 bridgehead atoms. The van der Waals surface area contributed by atoms with Gasteiger partial charge in [0.1, 0.15) is 6.04 Å². The molecule has 2 rings (SSSR count). The number of methoxy groups -OCH3 is 1. The van der Waals surface area contributed by atoms with Crippen LogP contribution >= 0.6 is 11.8 Å². The van der Waals surface area contributed by atoms with Crippen LogP contribution in [0.5, 0.6) is 0 Å². The molecule has 3 unspecified atom stereocenters. The van der Waals surface area contributed by atoms with Gasteiger partial charge in [-0.05, 0) is 19.3 Å². The third-order valence-electron chi connectivity index (χ3n) is 3.73. The first-order valence-electron chi connectivity index (χ1n) is 6.94. The van der Waals surface area contributed by atoms with Gasteiger partial charge < -0.3 is 14.9 Å². The largest absolute Gasteiger partial charge is 0.469 e. The molecule has 1 saturated heterocycles. The lowest BCUT2D eigenvalue weighted by molar-refractivity contribution is -0.146. The van der Waals surface area contributed by atoms with Crippen molar-refractivity contribution in [3.63, 3.8) is 0 Å². The van der Waals surface area contributed by atoms with Crippen molar-refractivity contribution >= 4 is 28.8 Å². The van der Waals surface area contributed by atoms with Crippen LogP contribution in [0.25, 0.3) is 0 Å². The molecule has 0 aromatic carbocycles. The minimum absolute atomic E-state index is 0.0152. The maximum Gasteiger partial charge on any atom is 0.310 e. The van der Waals surface area contributed by atoms with E-state index < -0.39 is 5.92 Å². The highest BCUT2D eigenvalue weighted by molar-refractivity contribution is 8.14. The average molecular weight is 316 g/mol. The molecule has 7 nitrogen and oxygen atoms in total. The molecule has 0 aromatic rings. The van der Waals surface area contributed by atoms with E-state index in [1.807, 2.05) is 0 Å². The van der Waals surface area contributed by atoms with Crippen LogP contribution in [-0.4, -0.2) is 48.0 Å². The summed E-state index contributed by atoms with van der Waals surface area (Å²) in [5.41, 5.74) is 2.64. The van der Waals surface area contributed by atoms with E-state index in [0.29, 0.717) is 25.9 Å². The average Bonchev–Trinajstić information content (AvgIpc) is 3.07. The van der Waals surface area contributed by atoms with Gasteiger partial charge in [0, 0.05) is 18.2 Å². The molecule has 1 heterocycles. The van der Waals surface area contributed by atoms with Gasteiger partial charge in [0.05, 0.1) is 19.6 Å². The number of hydrogen-bond donors (Lipinski definition) is 2. The minimum atomic E-state index is -0.405. The molecule has 0 spiro atoms. The van der Waals surface area contributed by atoms with E-state index in [2.05, 4.69) is 10.8 Å². The zero-order chi connectivity index (χ0) is 15.4. The molecule has 2 N–H and O–H groups in total. The molecule has 4 atom stereocenters. The molecule has 21 heavy (non-hydrogen) atoms. The fraction of sp³-hybridized carbons (Fsp3) is 0.769. The molecule has 2 aliphatic rings. The number of thioether (sulfide) groups is 1. The number of carbonyl (C=O) groups excluding carboxylic acids is 3. The van der Waals surface area contributed by atoms with Gasteiger partial charge >= 0.3 is 5.97 Å². The number of hydrogen-bond acceptors (Lipinski definition) is 7. The summed E-state index contributed by atoms with van der Waals surface area (Å²) in [7, 11) is 1.33. The van der Waals surface area contributed by atoms with E-state index >= 15 is 0 Å². The summed E-state index contributed by atoms with van der Waals surface area (Å²) < 4.78 is 4.80. The number of esters is 1. The van der Waals surface area contributed by atoms with E-state index in [9.17, 15) is 14.4 Å². The van der Waals surface area contributed by atoms with Crippen LogP contribution in [0.3, 0.4) is 0 Å². The van der Waals surface area contributed by atoms with Crippen LogP contribution in [0, 0.1) is 5.92 Å². The first kappa shape index (κ1) is 16.3. The third-order valence-corrected chi connectivity index (χ3v) is 4.78. The van der Waals surface area contributed by atoms with Crippen LogP contribution in [0.2, 0.25) is 0 Å². The van der Waals surface area contributed by atoms with Gasteiger partial charge in [-0.3, -0.25) is 14.4 Å². The lowest BCUT2D eigenvalue weighted by Gasteiger charge is -2.20. The standard InChI is InChI=1S/C13H20N2O5S/c1-7(16)21-8-5-9(13(18)19-2)11(6-8)14-12(17)10-3-4-20-15-10/h8-11,15H,3-6H2,1-2H3,(H,14,17)/t8?,9?,10-,11?/m0/s1. The lowest BCUT2D eigenvalue weighted by Crippen LogP contribution is -2.47. The van der Waals surface area contributed by atoms with Gasteiger partial charge in [-0.1, -0.05) is 11.8 Å². The normalized spacial score (nSPS) is 31.9. The Labute approximate surface area is 127 Å². The molecule has 0 aromatic heterocycles. The van der Waals surface area contributed by atoms with Crippen LogP contribution in [0.15, 0.2) is 0 Å². The summed E-state index contributed by atoms with van der Waals surface area (Å²) in [4.78, 5) is 40.1. The quantitative estimate of drug-likeness (QED) is 0.705. The van der Waals surface area contributed by atoms with E-state index in [-0.39, 0.29) is 34.3 Å². The monoisotopic (exact) mass is 316 g/mol. The van der Waals surface area contributed by atoms with E-state index in [0.717, 1.165) is 0 Å². The predicted molar refractivity (Wildman–Crippen MR) is 76.2 cm³/mol. The summed E-state index contributed by atoms with van der Waals surface area (Å²) in [5, 5.41) is 2.93. The Balaban J connectivity index is 1.98. The highest BCUT2D eigenvalue weighted by atomic mass is 32.2. The van der Waals surface area contributed by atoms with Gasteiger partial charge in [0.2, 0.25) is 5.91 Å². The van der Waals surface area contributed by atoms with Crippen molar-refractivity contribution in [2.24, 2.45) is 5.92 Å². The van der Waals surface area contributed by atoms with Crippen molar-refractivity contribution in [2.45, 2.75) is 43.5 Å². The van der Waals surface area contributed by atoms with Gasteiger partial charge in [-0.2, -0.15) is 5.48 Å². The van der Waals surface area contributed by atoms with Crippen molar-refractivity contribution in [1.29, 1.82) is 0 Å². The summed E-state index contributed by atoms with van der Waals surface area (Å²) in [5.74, 6) is -0.930. The summed E-state index contributed by atoms with van der Waals surface area (Å²) in [6.45, 7) is 2.00. The number of ether oxygens (including phenoxy) is 1. The SMILES string of the molecule is COC(=O)C1CC(SC(C)=O)CC1NC(=O)[C@@H]1CCON1. The second-order valence-electron chi connectivity index (χ2n) is 5.26. The number of carbonyl (C=O) groups is 3. The summed E-state index contributed by atoms with van der Waals surface area (Å²) >= 11 is 1.22. The molecule has 1 amide bonds. The lowest BCUT2D eigenvalue weighted by atomic mass is 10.0. The zero-order valence-corrected chi connectivity index (χ0v) is 12.9. The van der Waals surface area contributed by atoms with Gasteiger partial charge in [-0.25, -0.2) is 0 Å². The molecule has 1 saturated carbocycles. The van der Waals surface area contributed by atoms with E-state index in [1.165, 1.54) is 25.8 Å². The van der Waals surface area contributed by atoms with Crippen molar-refractivity contribution in [2.75, 3.05) is 13.7 Å². The predicted octanol–water partition coefficient (Wildman–Crippen LogP) is -0.00400. The molecular formula is C13H20N2O5S. The first-order valence-corrected chi connectivity index (χ1v) is 7.82. The Morgan fingerprint density at radius 3 is 2.67 bits per heavy atom. The fourth-order valence-corrected chi connectivity index (χ4v) is 3.83. The Hall–Kier alpha value is -1.12. The Bertz CT molecular complexity index is 425. The number of rotatable bonds is 4. The maximum absolute atomic E-state index is 12.1. The number of hydroxylamine groups is 1. The van der Waals surface area contributed by atoms with Gasteiger partial charge in [-0.15, -0.1) is 0 Å². The minimum Gasteiger partial charge on any atom is -0.469 e. The molecule has 1 aliphatic heterocycles. The molecule has 118 valence electrons. The fourth-order valence-electron chi connectivity index (χ4n) is 2.76. The first-order chi connectivity index (χ1) is 10.0.